The Hall–Kier alpha value is -2.61. The quantitative estimate of drug-likeness (QED) is 0.619. The zero-order chi connectivity index (χ0) is 22.2. The van der Waals surface area contributed by atoms with Gasteiger partial charge >= 0.3 is 6.03 Å². The van der Waals surface area contributed by atoms with Crippen LogP contribution in [0.25, 0.3) is 0 Å². The molecule has 3 rings (SSSR count). The Morgan fingerprint density at radius 3 is 2.45 bits per heavy atom. The summed E-state index contributed by atoms with van der Waals surface area (Å²) >= 11 is 1.48. The number of aryl methyl sites for hydroxylation is 1. The van der Waals surface area contributed by atoms with E-state index in [1.165, 1.54) is 11.8 Å². The second-order valence-electron chi connectivity index (χ2n) is 7.82. The summed E-state index contributed by atoms with van der Waals surface area (Å²) in [5.74, 6) is 0.368. The molecule has 0 saturated carbocycles. The zero-order valence-electron chi connectivity index (χ0n) is 18.4. The van der Waals surface area contributed by atoms with Gasteiger partial charge in [0.15, 0.2) is 5.16 Å². The Morgan fingerprint density at radius 1 is 1.16 bits per heavy atom. The minimum absolute atomic E-state index is 0.0797. The van der Waals surface area contributed by atoms with Crippen LogP contribution in [0.5, 0.6) is 0 Å². The van der Waals surface area contributed by atoms with Crippen LogP contribution in [-0.4, -0.2) is 45.9 Å². The van der Waals surface area contributed by atoms with Gasteiger partial charge in [-0.15, -0.1) is 0 Å². The predicted octanol–water partition coefficient (Wildman–Crippen LogP) is 4.48. The fourth-order valence-corrected chi connectivity index (χ4v) is 4.58. The molecule has 0 aliphatic carbocycles. The molecule has 2 heterocycles. The lowest BCUT2D eigenvalue weighted by atomic mass is 9.98. The summed E-state index contributed by atoms with van der Waals surface area (Å²) in [7, 11) is 0. The van der Waals surface area contributed by atoms with Crippen molar-refractivity contribution in [2.24, 2.45) is 5.92 Å². The van der Waals surface area contributed by atoms with Gasteiger partial charge in [-0.2, -0.15) is 0 Å². The van der Waals surface area contributed by atoms with Crippen LogP contribution in [0.15, 0.2) is 46.7 Å². The highest BCUT2D eigenvalue weighted by Gasteiger charge is 2.27. The minimum Gasteiger partial charge on any atom is -0.342 e. The third-order valence-corrected chi connectivity index (χ3v) is 6.56. The summed E-state index contributed by atoms with van der Waals surface area (Å²) in [5.41, 5.74) is 1.75. The first-order valence-corrected chi connectivity index (χ1v) is 11.7. The van der Waals surface area contributed by atoms with Crippen molar-refractivity contribution >= 4 is 29.4 Å². The van der Waals surface area contributed by atoms with Crippen LogP contribution in [0.4, 0.5) is 10.5 Å². The third kappa shape index (κ3) is 6.43. The summed E-state index contributed by atoms with van der Waals surface area (Å²) in [4.78, 5) is 36.4. The van der Waals surface area contributed by atoms with E-state index in [4.69, 9.17) is 0 Å². The second kappa shape index (κ2) is 11.1. The van der Waals surface area contributed by atoms with Gasteiger partial charge in [-0.3, -0.25) is 4.79 Å². The molecule has 1 aromatic heterocycles. The Bertz CT molecular complexity index is 881. The summed E-state index contributed by atoms with van der Waals surface area (Å²) in [5, 5.41) is 6.69. The van der Waals surface area contributed by atoms with Crippen LogP contribution in [0.1, 0.15) is 45.1 Å². The number of amides is 3. The number of carbonyl (C=O) groups is 2. The van der Waals surface area contributed by atoms with Gasteiger partial charge in [0.1, 0.15) is 0 Å². The van der Waals surface area contributed by atoms with Crippen LogP contribution >= 0.6 is 11.8 Å². The first kappa shape index (κ1) is 23.1. The first-order chi connectivity index (χ1) is 15.0. The monoisotopic (exact) mass is 441 g/mol. The number of urea groups is 1. The van der Waals surface area contributed by atoms with Gasteiger partial charge < -0.3 is 15.5 Å². The molecule has 7 nitrogen and oxygen atoms in total. The number of likely N-dealkylation sites (tertiary alicyclic amines) is 1. The number of benzene rings is 1. The highest BCUT2D eigenvalue weighted by molar-refractivity contribution is 7.99. The maximum atomic E-state index is 12.5. The molecule has 8 heteroatoms. The Balaban J connectivity index is 1.48. The van der Waals surface area contributed by atoms with Crippen molar-refractivity contribution in [3.05, 3.63) is 42.2 Å². The van der Waals surface area contributed by atoms with Gasteiger partial charge in [-0.25, -0.2) is 14.8 Å². The van der Waals surface area contributed by atoms with Gasteiger partial charge in [0, 0.05) is 48.0 Å². The van der Waals surface area contributed by atoms with Crippen molar-refractivity contribution in [1.82, 2.24) is 20.2 Å². The molecule has 1 saturated heterocycles. The van der Waals surface area contributed by atoms with Crippen LogP contribution < -0.4 is 10.6 Å². The first-order valence-electron chi connectivity index (χ1n) is 10.9. The molecule has 166 valence electrons. The number of carbonyl (C=O) groups excluding carboxylic acids is 2. The normalized spacial score (nSPS) is 14.5. The Kier molecular flexibility index (Phi) is 8.28. The number of anilines is 1. The van der Waals surface area contributed by atoms with Crippen molar-refractivity contribution < 1.29 is 9.59 Å². The second-order valence-corrected chi connectivity index (χ2v) is 8.86. The molecule has 1 aromatic carbocycles. The molecule has 2 N–H and O–H groups in total. The summed E-state index contributed by atoms with van der Waals surface area (Å²) in [6.07, 6.45) is 6.76. The van der Waals surface area contributed by atoms with Gasteiger partial charge in [0.2, 0.25) is 5.91 Å². The number of nitrogens with one attached hydrogen (secondary N) is 2. The molecule has 0 spiro atoms. The summed E-state index contributed by atoms with van der Waals surface area (Å²) < 4.78 is 0. The molecule has 0 radical (unpaired) electrons. The van der Waals surface area contributed by atoms with Crippen molar-refractivity contribution in [2.75, 3.05) is 18.4 Å². The molecular weight excluding hydrogens is 410 g/mol. The van der Waals surface area contributed by atoms with Crippen LogP contribution in [0, 0.1) is 12.8 Å². The highest BCUT2D eigenvalue weighted by Crippen LogP contribution is 2.28. The lowest BCUT2D eigenvalue weighted by molar-refractivity contribution is -0.136. The van der Waals surface area contributed by atoms with Gasteiger partial charge in [-0.05, 0) is 74.2 Å². The van der Waals surface area contributed by atoms with Crippen molar-refractivity contribution in [3.63, 3.8) is 0 Å². The molecule has 1 aliphatic heterocycles. The molecule has 1 fully saturated rings. The van der Waals surface area contributed by atoms with E-state index in [0.717, 1.165) is 41.8 Å². The fraction of sp³-hybridized carbons (Fsp3) is 0.478. The third-order valence-electron chi connectivity index (χ3n) is 5.67. The van der Waals surface area contributed by atoms with Crippen LogP contribution in [-0.2, 0) is 4.79 Å². The average Bonchev–Trinajstić information content (AvgIpc) is 2.77. The largest absolute Gasteiger partial charge is 0.342 e. The van der Waals surface area contributed by atoms with Gasteiger partial charge in [-0.1, -0.05) is 13.8 Å². The SMILES string of the molecule is CCC(CC)C(=O)N1CCC(NC(=O)Nc2ccc(Sc3ncccn3)cc2C)CC1. The highest BCUT2D eigenvalue weighted by atomic mass is 32.2. The predicted molar refractivity (Wildman–Crippen MR) is 123 cm³/mol. The van der Waals surface area contributed by atoms with Crippen molar-refractivity contribution in [2.45, 2.75) is 62.5 Å². The molecular formula is C23H31N5O2S. The smallest absolute Gasteiger partial charge is 0.319 e. The molecule has 2 aromatic rings. The molecule has 1 aliphatic rings. The van der Waals surface area contributed by atoms with E-state index in [9.17, 15) is 9.59 Å². The molecule has 0 atom stereocenters. The Labute approximate surface area is 188 Å². The maximum absolute atomic E-state index is 12.5. The molecule has 3 amide bonds. The van der Waals surface area contributed by atoms with Gasteiger partial charge in [0.05, 0.1) is 0 Å². The van der Waals surface area contributed by atoms with Crippen molar-refractivity contribution in [3.8, 4) is 0 Å². The number of piperidine rings is 1. The summed E-state index contributed by atoms with van der Waals surface area (Å²) in [6.45, 7) is 7.49. The van der Waals surface area contributed by atoms with E-state index in [1.807, 2.05) is 30.0 Å². The number of rotatable bonds is 7. The lowest BCUT2D eigenvalue weighted by Gasteiger charge is -2.34. The van der Waals surface area contributed by atoms with E-state index in [0.29, 0.717) is 18.2 Å². The molecule has 31 heavy (non-hydrogen) atoms. The van der Waals surface area contributed by atoms with E-state index < -0.39 is 0 Å². The van der Waals surface area contributed by atoms with E-state index >= 15 is 0 Å². The van der Waals surface area contributed by atoms with Gasteiger partial charge in [0.25, 0.3) is 0 Å². The lowest BCUT2D eigenvalue weighted by Crippen LogP contribution is -2.48. The number of aromatic nitrogens is 2. The molecule has 0 bridgehead atoms. The topological polar surface area (TPSA) is 87.2 Å². The van der Waals surface area contributed by atoms with Crippen LogP contribution in [0.2, 0.25) is 0 Å². The number of hydrogen-bond donors (Lipinski definition) is 2. The summed E-state index contributed by atoms with van der Waals surface area (Å²) in [6, 6.07) is 7.52. The molecule has 0 unspecified atom stereocenters. The van der Waals surface area contributed by atoms with Crippen molar-refractivity contribution in [1.29, 1.82) is 0 Å². The van der Waals surface area contributed by atoms with E-state index in [-0.39, 0.29) is 23.9 Å². The van der Waals surface area contributed by atoms with Crippen LogP contribution in [0.3, 0.4) is 0 Å². The Morgan fingerprint density at radius 2 is 1.84 bits per heavy atom. The average molecular weight is 442 g/mol. The maximum Gasteiger partial charge on any atom is 0.319 e. The van der Waals surface area contributed by atoms with E-state index in [2.05, 4.69) is 34.4 Å². The van der Waals surface area contributed by atoms with E-state index in [1.54, 1.807) is 18.5 Å². The zero-order valence-corrected chi connectivity index (χ0v) is 19.2. The standard InChI is InChI=1S/C23H31N5O2S/c1-4-17(5-2)21(29)28-13-9-18(10-14-28)26-22(30)27-20-8-7-19(15-16(20)3)31-23-24-11-6-12-25-23/h6-8,11-12,15,17-18H,4-5,9-10,13-14H2,1-3H3,(H2,26,27,30). The number of hydrogen-bond acceptors (Lipinski definition) is 5. The fourth-order valence-electron chi connectivity index (χ4n) is 3.77. The minimum atomic E-state index is -0.209. The number of nitrogens with zero attached hydrogens (tertiary/aromatic N) is 3.